The van der Waals surface area contributed by atoms with E-state index in [1.54, 1.807) is 12.1 Å². The lowest BCUT2D eigenvalue weighted by atomic mass is 10.1. The first kappa shape index (κ1) is 32.9. The van der Waals surface area contributed by atoms with Crippen molar-refractivity contribution in [2.75, 3.05) is 11.6 Å². The van der Waals surface area contributed by atoms with Gasteiger partial charge in [-0.2, -0.15) is 25.3 Å². The van der Waals surface area contributed by atoms with E-state index in [0.717, 1.165) is 30.1 Å². The Labute approximate surface area is 252 Å². The molecule has 0 radical (unpaired) electrons. The number of nitrogens with one attached hydrogen (secondary N) is 1. The number of anilines is 1. The lowest BCUT2D eigenvalue weighted by molar-refractivity contribution is -0.117. The maximum absolute atomic E-state index is 12.6. The van der Waals surface area contributed by atoms with Gasteiger partial charge in [0.15, 0.2) is 5.75 Å². The van der Waals surface area contributed by atoms with Crippen molar-refractivity contribution < 1.29 is 48.8 Å². The fraction of sp³-hybridized carbons (Fsp3) is 0.192. The second-order valence-electron chi connectivity index (χ2n) is 9.49. The van der Waals surface area contributed by atoms with E-state index in [-0.39, 0.29) is 28.4 Å². The van der Waals surface area contributed by atoms with E-state index in [9.17, 15) is 48.8 Å². The van der Waals surface area contributed by atoms with Crippen LogP contribution in [-0.4, -0.2) is 56.5 Å². The van der Waals surface area contributed by atoms with Crippen LogP contribution in [0, 0.1) is 0 Å². The number of rotatable bonds is 10. The number of aromatic hydroxyl groups is 1. The Morgan fingerprint density at radius 2 is 1.55 bits per heavy atom. The molecule has 4 rings (SSSR count). The maximum atomic E-state index is 12.6. The molecule has 0 spiro atoms. The highest BCUT2D eigenvalue weighted by molar-refractivity contribution is 7.86. The van der Waals surface area contributed by atoms with Crippen molar-refractivity contribution in [3.8, 4) is 5.75 Å². The number of azo groups is 1. The second-order valence-corrected chi connectivity index (χ2v) is 13.7. The van der Waals surface area contributed by atoms with Crippen molar-refractivity contribution in [3.05, 3.63) is 54.6 Å². The van der Waals surface area contributed by atoms with Gasteiger partial charge in [-0.1, -0.05) is 43.7 Å². The molecule has 0 saturated heterocycles. The number of carbonyl (C=O) groups excluding carboxylic acids is 1. The van der Waals surface area contributed by atoms with Gasteiger partial charge in [0.1, 0.15) is 21.2 Å². The first-order chi connectivity index (χ1) is 20.4. The Hall–Kier alpha value is -4.04. The summed E-state index contributed by atoms with van der Waals surface area (Å²) in [6, 6.07) is 11.1. The molecule has 0 atom stereocenters. The SMILES string of the molecule is CCCCNN(C(C)=O)c1cc(S(=O)(=O)O)cc2cc(S(=O)(=O)O)c(N=Nc3ccc4ccccc4c3S(=O)(=O)O)c(O)c12. The number of benzene rings is 4. The van der Waals surface area contributed by atoms with Gasteiger partial charge in [0.25, 0.3) is 30.4 Å². The molecule has 0 unspecified atom stereocenters. The van der Waals surface area contributed by atoms with Crippen molar-refractivity contribution in [1.82, 2.24) is 5.43 Å². The molecule has 0 bridgehead atoms. The van der Waals surface area contributed by atoms with Gasteiger partial charge in [-0.15, -0.1) is 10.2 Å². The van der Waals surface area contributed by atoms with Crippen molar-refractivity contribution in [1.29, 1.82) is 0 Å². The van der Waals surface area contributed by atoms with E-state index in [4.69, 9.17) is 0 Å². The summed E-state index contributed by atoms with van der Waals surface area (Å²) in [7, 11) is -15.1. The minimum absolute atomic E-state index is 0.0551. The quantitative estimate of drug-likeness (QED) is 0.0680. The van der Waals surface area contributed by atoms with Crippen LogP contribution >= 0.6 is 0 Å². The number of phenolic OH excluding ortho intramolecular Hbond substituents is 1. The zero-order valence-electron chi connectivity index (χ0n) is 23.0. The molecule has 4 aromatic carbocycles. The molecule has 234 valence electrons. The van der Waals surface area contributed by atoms with Gasteiger partial charge in [-0.05, 0) is 41.5 Å². The van der Waals surface area contributed by atoms with Crippen molar-refractivity contribution in [3.63, 3.8) is 0 Å². The van der Waals surface area contributed by atoms with Crippen LogP contribution in [0.15, 0.2) is 79.5 Å². The number of amides is 1. The molecule has 15 nitrogen and oxygen atoms in total. The lowest BCUT2D eigenvalue weighted by Gasteiger charge is -2.25. The molecule has 0 heterocycles. The molecule has 4 aromatic rings. The molecule has 0 aliphatic rings. The molecule has 0 fully saturated rings. The Kier molecular flexibility index (Phi) is 9.08. The fourth-order valence-electron chi connectivity index (χ4n) is 4.48. The summed E-state index contributed by atoms with van der Waals surface area (Å²) in [6.45, 7) is 3.20. The molecule has 44 heavy (non-hydrogen) atoms. The van der Waals surface area contributed by atoms with Gasteiger partial charge in [-0.3, -0.25) is 18.5 Å². The first-order valence-corrected chi connectivity index (χ1v) is 17.0. The predicted molar refractivity (Wildman–Crippen MR) is 159 cm³/mol. The molecular weight excluding hydrogens is 641 g/mol. The van der Waals surface area contributed by atoms with Gasteiger partial charge in [-0.25, -0.2) is 10.4 Å². The third-order valence-corrected chi connectivity index (χ3v) is 9.05. The van der Waals surface area contributed by atoms with Crippen LogP contribution in [0.4, 0.5) is 17.1 Å². The summed E-state index contributed by atoms with van der Waals surface area (Å²) < 4.78 is 103. The topological polar surface area (TPSA) is 240 Å². The number of unbranched alkanes of at least 4 members (excludes halogenated alkanes) is 1. The summed E-state index contributed by atoms with van der Waals surface area (Å²) in [5.41, 5.74) is 1.08. The van der Waals surface area contributed by atoms with E-state index >= 15 is 0 Å². The van der Waals surface area contributed by atoms with Crippen LogP contribution in [0.2, 0.25) is 0 Å². The van der Waals surface area contributed by atoms with E-state index in [2.05, 4.69) is 15.7 Å². The molecule has 0 aliphatic carbocycles. The van der Waals surface area contributed by atoms with Gasteiger partial charge in [0, 0.05) is 18.9 Å². The monoisotopic (exact) mass is 666 g/mol. The van der Waals surface area contributed by atoms with E-state index in [1.165, 1.54) is 24.3 Å². The summed E-state index contributed by atoms with van der Waals surface area (Å²) in [5, 5.41) is 19.5. The third-order valence-electron chi connectivity index (χ3n) is 6.41. The van der Waals surface area contributed by atoms with E-state index < -0.39 is 68.1 Å². The first-order valence-electron chi connectivity index (χ1n) is 12.7. The number of carbonyl (C=O) groups is 1. The summed E-state index contributed by atoms with van der Waals surface area (Å²) in [6.07, 6.45) is 1.28. The van der Waals surface area contributed by atoms with Crippen molar-refractivity contribution in [2.45, 2.75) is 41.4 Å². The fourth-order valence-corrected chi connectivity index (χ4v) is 6.51. The average Bonchev–Trinajstić information content (AvgIpc) is 2.92. The number of hydrazine groups is 1. The number of phenols is 1. The standard InChI is InChI=1S/C26H26N4O11S3/c1-3-4-11-27-30(15(2)31)21-14-18(42(33,34)35)12-17-13-22(43(36,37)38)24(25(32)23(17)21)29-28-20-10-9-16-7-5-6-8-19(16)26(20)44(39,40)41/h5-10,12-14,27,32H,3-4,11H2,1-2H3,(H,33,34,35)(H,36,37,38)(H,39,40,41). The molecule has 5 N–H and O–H groups in total. The number of fused-ring (bicyclic) bond motifs is 2. The van der Waals surface area contributed by atoms with Crippen LogP contribution in [0.1, 0.15) is 26.7 Å². The van der Waals surface area contributed by atoms with Crippen LogP contribution in [0.3, 0.4) is 0 Å². The zero-order valence-corrected chi connectivity index (χ0v) is 25.5. The minimum Gasteiger partial charge on any atom is -0.505 e. The van der Waals surface area contributed by atoms with E-state index in [0.29, 0.717) is 18.2 Å². The largest absolute Gasteiger partial charge is 0.505 e. The van der Waals surface area contributed by atoms with Crippen LogP contribution in [-0.2, 0) is 35.1 Å². The van der Waals surface area contributed by atoms with Crippen molar-refractivity contribution >= 4 is 74.9 Å². The third kappa shape index (κ3) is 6.70. The Morgan fingerprint density at radius 3 is 2.14 bits per heavy atom. The summed E-state index contributed by atoms with van der Waals surface area (Å²) in [4.78, 5) is 10.1. The Morgan fingerprint density at radius 1 is 0.864 bits per heavy atom. The van der Waals surface area contributed by atoms with Gasteiger partial charge < -0.3 is 5.11 Å². The highest BCUT2D eigenvalue weighted by Crippen LogP contribution is 2.46. The molecular formula is C26H26N4O11S3. The highest BCUT2D eigenvalue weighted by Gasteiger charge is 2.28. The maximum Gasteiger partial charge on any atom is 0.297 e. The Balaban J connectivity index is 2.09. The van der Waals surface area contributed by atoms with Gasteiger partial charge >= 0.3 is 0 Å². The Bertz CT molecular complexity index is 2170. The van der Waals surface area contributed by atoms with Gasteiger partial charge in [0.2, 0.25) is 5.91 Å². The molecule has 1 amide bonds. The van der Waals surface area contributed by atoms with E-state index in [1.807, 2.05) is 6.92 Å². The zero-order chi connectivity index (χ0) is 32.6. The smallest absolute Gasteiger partial charge is 0.297 e. The molecule has 0 saturated carbocycles. The van der Waals surface area contributed by atoms with Crippen LogP contribution in [0.5, 0.6) is 5.75 Å². The molecule has 18 heteroatoms. The molecule has 0 aliphatic heterocycles. The summed E-state index contributed by atoms with van der Waals surface area (Å²) in [5.74, 6) is -1.70. The minimum atomic E-state index is -5.23. The van der Waals surface area contributed by atoms with Crippen molar-refractivity contribution in [2.24, 2.45) is 10.2 Å². The van der Waals surface area contributed by atoms with Crippen LogP contribution in [0.25, 0.3) is 21.5 Å². The summed E-state index contributed by atoms with van der Waals surface area (Å²) >= 11 is 0. The number of nitrogens with zero attached hydrogens (tertiary/aromatic N) is 3. The average molecular weight is 667 g/mol. The predicted octanol–water partition coefficient (Wildman–Crippen LogP) is 4.51. The highest BCUT2D eigenvalue weighted by atomic mass is 32.2. The second kappa shape index (κ2) is 12.2. The normalized spacial score (nSPS) is 12.8. The number of hydrogen-bond donors (Lipinski definition) is 5. The molecule has 0 aromatic heterocycles. The van der Waals surface area contributed by atoms with Gasteiger partial charge in [0.05, 0.1) is 16.0 Å². The van der Waals surface area contributed by atoms with Crippen LogP contribution < -0.4 is 10.4 Å². The lowest BCUT2D eigenvalue weighted by Crippen LogP contribution is -2.42. The number of hydrogen-bond acceptors (Lipinski definition) is 11.